The van der Waals surface area contributed by atoms with Crippen LogP contribution in [0.3, 0.4) is 0 Å². The number of hydrogen-bond donors (Lipinski definition) is 1. The van der Waals surface area contributed by atoms with E-state index in [-0.39, 0.29) is 0 Å². The molecule has 0 aliphatic rings. The summed E-state index contributed by atoms with van der Waals surface area (Å²) in [4.78, 5) is 9.26. The van der Waals surface area contributed by atoms with Crippen LogP contribution in [-0.4, -0.2) is 16.5 Å². The molecule has 0 fully saturated rings. The molecule has 0 unspecified atom stereocenters. The largest absolute Gasteiger partial charge is 0.472 e. The summed E-state index contributed by atoms with van der Waals surface area (Å²) < 4.78 is 6.09. The van der Waals surface area contributed by atoms with Gasteiger partial charge in [-0.3, -0.25) is 0 Å². The number of furan rings is 1. The molecule has 5 heteroatoms. The van der Waals surface area contributed by atoms with Crippen LogP contribution in [0.4, 0.5) is 5.82 Å². The van der Waals surface area contributed by atoms with Crippen LogP contribution in [0.25, 0.3) is 11.4 Å². The van der Waals surface area contributed by atoms with Crippen molar-refractivity contribution in [2.24, 2.45) is 5.92 Å². The van der Waals surface area contributed by atoms with Crippen molar-refractivity contribution in [1.29, 1.82) is 0 Å². The Morgan fingerprint density at radius 1 is 1.35 bits per heavy atom. The molecule has 2 aromatic rings. The van der Waals surface area contributed by atoms with Crippen LogP contribution in [-0.2, 0) is 6.42 Å². The zero-order valence-electron chi connectivity index (χ0n) is 12.1. The van der Waals surface area contributed by atoms with Crippen molar-refractivity contribution in [3.05, 3.63) is 28.8 Å². The Morgan fingerprint density at radius 2 is 2.15 bits per heavy atom. The van der Waals surface area contributed by atoms with E-state index in [4.69, 9.17) is 4.42 Å². The van der Waals surface area contributed by atoms with Gasteiger partial charge in [-0.25, -0.2) is 9.97 Å². The number of nitrogens with one attached hydrogen (secondary N) is 1. The monoisotopic (exact) mass is 337 g/mol. The van der Waals surface area contributed by atoms with E-state index < -0.39 is 0 Å². The first-order chi connectivity index (χ1) is 9.61. The van der Waals surface area contributed by atoms with Gasteiger partial charge in [0.05, 0.1) is 22.0 Å². The highest BCUT2D eigenvalue weighted by Crippen LogP contribution is 2.29. The Labute approximate surface area is 128 Å². The Morgan fingerprint density at radius 3 is 2.75 bits per heavy atom. The van der Waals surface area contributed by atoms with E-state index >= 15 is 0 Å². The van der Waals surface area contributed by atoms with Gasteiger partial charge >= 0.3 is 0 Å². The number of hydrogen-bond acceptors (Lipinski definition) is 4. The zero-order chi connectivity index (χ0) is 14.5. The van der Waals surface area contributed by atoms with E-state index in [9.17, 15) is 0 Å². The minimum atomic E-state index is 0.539. The third-order valence-electron chi connectivity index (χ3n) is 2.84. The molecule has 2 rings (SSSR count). The van der Waals surface area contributed by atoms with Gasteiger partial charge in [-0.2, -0.15) is 0 Å². The first kappa shape index (κ1) is 15.0. The lowest BCUT2D eigenvalue weighted by Crippen LogP contribution is -2.08. The van der Waals surface area contributed by atoms with E-state index in [1.807, 2.05) is 6.07 Å². The van der Waals surface area contributed by atoms with Crippen molar-refractivity contribution in [2.45, 2.75) is 33.6 Å². The van der Waals surface area contributed by atoms with Crippen molar-refractivity contribution in [3.8, 4) is 11.4 Å². The molecule has 0 spiro atoms. The van der Waals surface area contributed by atoms with Crippen molar-refractivity contribution in [3.63, 3.8) is 0 Å². The molecule has 2 aromatic heterocycles. The van der Waals surface area contributed by atoms with E-state index in [1.165, 1.54) is 0 Å². The van der Waals surface area contributed by atoms with Gasteiger partial charge in [0.2, 0.25) is 0 Å². The maximum Gasteiger partial charge on any atom is 0.165 e. The van der Waals surface area contributed by atoms with Gasteiger partial charge in [-0.1, -0.05) is 20.8 Å². The zero-order valence-corrected chi connectivity index (χ0v) is 13.7. The fourth-order valence-electron chi connectivity index (χ4n) is 1.90. The van der Waals surface area contributed by atoms with Crippen LogP contribution < -0.4 is 5.32 Å². The number of halogens is 1. The molecule has 0 radical (unpaired) electrons. The average molecular weight is 338 g/mol. The minimum absolute atomic E-state index is 0.539. The molecular formula is C15H20BrN3O. The highest BCUT2D eigenvalue weighted by Gasteiger charge is 2.14. The summed E-state index contributed by atoms with van der Waals surface area (Å²) in [5, 5.41) is 3.35. The molecule has 0 saturated heterocycles. The van der Waals surface area contributed by atoms with Gasteiger partial charge in [0.15, 0.2) is 5.82 Å². The number of nitrogens with zero attached hydrogens (tertiary/aromatic N) is 2. The molecule has 0 aliphatic heterocycles. The maximum atomic E-state index is 5.13. The van der Waals surface area contributed by atoms with Crippen LogP contribution in [0.15, 0.2) is 27.5 Å². The van der Waals surface area contributed by atoms with Crippen LogP contribution in [0, 0.1) is 5.92 Å². The highest BCUT2D eigenvalue weighted by atomic mass is 79.9. The highest BCUT2D eigenvalue weighted by molar-refractivity contribution is 9.10. The van der Waals surface area contributed by atoms with Gasteiger partial charge in [0.1, 0.15) is 12.1 Å². The Bertz CT molecular complexity index is 552. The second-order valence-corrected chi connectivity index (χ2v) is 5.99. The maximum absolute atomic E-state index is 5.13. The molecule has 0 saturated carbocycles. The molecule has 4 nitrogen and oxygen atoms in total. The van der Waals surface area contributed by atoms with Crippen molar-refractivity contribution >= 4 is 21.7 Å². The molecule has 2 heterocycles. The summed E-state index contributed by atoms with van der Waals surface area (Å²) in [7, 11) is 0. The van der Waals surface area contributed by atoms with E-state index in [1.54, 1.807) is 12.5 Å². The van der Waals surface area contributed by atoms with Gasteiger partial charge in [0.25, 0.3) is 0 Å². The number of rotatable bonds is 6. The average Bonchev–Trinajstić information content (AvgIpc) is 2.93. The third kappa shape index (κ3) is 3.60. The normalized spacial score (nSPS) is 11.1. The molecule has 0 amide bonds. The predicted molar refractivity (Wildman–Crippen MR) is 84.8 cm³/mol. The first-order valence-corrected chi connectivity index (χ1v) is 7.74. The van der Waals surface area contributed by atoms with Gasteiger partial charge in [-0.05, 0) is 40.8 Å². The summed E-state index contributed by atoms with van der Waals surface area (Å²) in [5.74, 6) is 2.10. The Kier molecular flexibility index (Phi) is 5.17. The molecule has 0 bridgehead atoms. The van der Waals surface area contributed by atoms with Crippen LogP contribution in [0.2, 0.25) is 0 Å². The molecule has 1 N–H and O–H groups in total. The molecule has 0 atom stereocenters. The lowest BCUT2D eigenvalue weighted by Gasteiger charge is -2.13. The predicted octanol–water partition coefficient (Wildman–Crippen LogP) is 4.52. The molecule has 108 valence electrons. The first-order valence-electron chi connectivity index (χ1n) is 6.94. The van der Waals surface area contributed by atoms with Crippen LogP contribution in [0.1, 0.15) is 32.9 Å². The lowest BCUT2D eigenvalue weighted by molar-refractivity contribution is 0.568. The number of anilines is 1. The standard InChI is InChI=1S/C15H20BrN3O/c1-4-6-17-15-13(16)12(8-10(2)3)18-14(19-15)11-5-7-20-9-11/h5,7,9-10H,4,6,8H2,1-3H3,(H,17,18,19). The molecule has 0 aromatic carbocycles. The fraction of sp³-hybridized carbons (Fsp3) is 0.467. The van der Waals surface area contributed by atoms with Crippen LogP contribution in [0.5, 0.6) is 0 Å². The van der Waals surface area contributed by atoms with Crippen LogP contribution >= 0.6 is 15.9 Å². The minimum Gasteiger partial charge on any atom is -0.472 e. The quantitative estimate of drug-likeness (QED) is 0.841. The summed E-state index contributed by atoms with van der Waals surface area (Å²) >= 11 is 3.63. The Balaban J connectivity index is 2.42. The van der Waals surface area contributed by atoms with E-state index in [0.29, 0.717) is 11.7 Å². The van der Waals surface area contributed by atoms with Gasteiger partial charge in [-0.15, -0.1) is 0 Å². The molecule has 20 heavy (non-hydrogen) atoms. The van der Waals surface area contributed by atoms with E-state index in [0.717, 1.165) is 40.9 Å². The topological polar surface area (TPSA) is 51.0 Å². The summed E-state index contributed by atoms with van der Waals surface area (Å²) in [6.45, 7) is 7.39. The second-order valence-electron chi connectivity index (χ2n) is 5.19. The SMILES string of the molecule is CCCNc1nc(-c2ccoc2)nc(CC(C)C)c1Br. The smallest absolute Gasteiger partial charge is 0.165 e. The second kappa shape index (κ2) is 6.88. The third-order valence-corrected chi connectivity index (χ3v) is 3.68. The number of aromatic nitrogens is 2. The summed E-state index contributed by atoms with van der Waals surface area (Å²) in [5.41, 5.74) is 1.94. The summed E-state index contributed by atoms with van der Waals surface area (Å²) in [6, 6.07) is 1.88. The van der Waals surface area contributed by atoms with Crippen molar-refractivity contribution < 1.29 is 4.42 Å². The van der Waals surface area contributed by atoms with E-state index in [2.05, 4.69) is 52.0 Å². The molecular weight excluding hydrogens is 318 g/mol. The van der Waals surface area contributed by atoms with Gasteiger partial charge in [0, 0.05) is 6.54 Å². The lowest BCUT2D eigenvalue weighted by atomic mass is 10.1. The van der Waals surface area contributed by atoms with Crippen molar-refractivity contribution in [1.82, 2.24) is 9.97 Å². The van der Waals surface area contributed by atoms with Crippen molar-refractivity contribution in [2.75, 3.05) is 11.9 Å². The summed E-state index contributed by atoms with van der Waals surface area (Å²) in [6.07, 6.45) is 5.28. The Hall–Kier alpha value is -1.36. The molecule has 0 aliphatic carbocycles. The fourth-order valence-corrected chi connectivity index (χ4v) is 2.38. The van der Waals surface area contributed by atoms with Gasteiger partial charge < -0.3 is 9.73 Å².